The maximum Gasteiger partial charge on any atom is 0.279 e. The summed E-state index contributed by atoms with van der Waals surface area (Å²) in [6.45, 7) is 3.98. The Balaban J connectivity index is 0.00000196. The Bertz CT molecular complexity index is 271. The van der Waals surface area contributed by atoms with Crippen LogP contribution in [0.2, 0.25) is 0 Å². The van der Waals surface area contributed by atoms with Crippen molar-refractivity contribution in [1.82, 2.24) is 9.03 Å². The van der Waals surface area contributed by atoms with Gasteiger partial charge in [-0.25, -0.2) is 4.72 Å². The molecule has 1 aliphatic heterocycles. The van der Waals surface area contributed by atoms with Gasteiger partial charge in [0, 0.05) is 26.2 Å². The molecule has 92 valence electrons. The molecule has 3 N–H and O–H groups in total. The average molecular weight is 258 g/mol. The third kappa shape index (κ3) is 4.65. The van der Waals surface area contributed by atoms with Crippen molar-refractivity contribution in [3.8, 4) is 0 Å². The Morgan fingerprint density at radius 1 is 1.53 bits per heavy atom. The molecule has 5 nitrogen and oxygen atoms in total. The Labute approximate surface area is 98.0 Å². The molecule has 0 spiro atoms. The van der Waals surface area contributed by atoms with E-state index in [1.165, 1.54) is 4.31 Å². The monoisotopic (exact) mass is 257 g/mol. The maximum atomic E-state index is 11.6. The van der Waals surface area contributed by atoms with Crippen LogP contribution in [-0.2, 0) is 10.2 Å². The standard InChI is InChI=1S/C8H19N3O2S.ClH/c1-8-3-2-6-11(7-8)14(12,13)10-5-4-9;/h8,10H,2-7,9H2,1H3;1H. The van der Waals surface area contributed by atoms with Gasteiger partial charge < -0.3 is 5.73 Å². The summed E-state index contributed by atoms with van der Waals surface area (Å²) >= 11 is 0. The summed E-state index contributed by atoms with van der Waals surface area (Å²) in [5.74, 6) is 0.457. The summed E-state index contributed by atoms with van der Waals surface area (Å²) in [5, 5.41) is 0. The zero-order valence-electron chi connectivity index (χ0n) is 8.98. The Morgan fingerprint density at radius 3 is 2.73 bits per heavy atom. The number of halogens is 1. The van der Waals surface area contributed by atoms with E-state index in [0.29, 0.717) is 32.1 Å². The molecule has 1 aliphatic rings. The van der Waals surface area contributed by atoms with E-state index < -0.39 is 10.2 Å². The molecule has 7 heteroatoms. The smallest absolute Gasteiger partial charge is 0.279 e. The van der Waals surface area contributed by atoms with Crippen LogP contribution in [-0.4, -0.2) is 38.9 Å². The lowest BCUT2D eigenvalue weighted by Crippen LogP contribution is -2.46. The van der Waals surface area contributed by atoms with Gasteiger partial charge in [-0.05, 0) is 18.8 Å². The summed E-state index contributed by atoms with van der Waals surface area (Å²) in [7, 11) is -3.28. The lowest BCUT2D eigenvalue weighted by molar-refractivity contribution is 0.278. The topological polar surface area (TPSA) is 75.4 Å². The number of hydrogen-bond donors (Lipinski definition) is 2. The molecule has 1 rings (SSSR count). The third-order valence-electron chi connectivity index (χ3n) is 2.39. The van der Waals surface area contributed by atoms with Gasteiger partial charge in [-0.15, -0.1) is 12.4 Å². The average Bonchev–Trinajstić information content (AvgIpc) is 2.15. The van der Waals surface area contributed by atoms with Crippen molar-refractivity contribution in [2.75, 3.05) is 26.2 Å². The van der Waals surface area contributed by atoms with E-state index >= 15 is 0 Å². The first-order valence-electron chi connectivity index (χ1n) is 5.01. The molecule has 0 amide bonds. The predicted molar refractivity (Wildman–Crippen MR) is 63.2 cm³/mol. The lowest BCUT2D eigenvalue weighted by atomic mass is 10.0. The quantitative estimate of drug-likeness (QED) is 0.741. The molecule has 0 radical (unpaired) electrons. The van der Waals surface area contributed by atoms with Crippen LogP contribution < -0.4 is 10.5 Å². The Kier molecular flexibility index (Phi) is 6.70. The molecule has 1 heterocycles. The SMILES string of the molecule is CC1CCCN(S(=O)(=O)NCCN)C1.Cl. The van der Waals surface area contributed by atoms with Crippen LogP contribution in [0.4, 0.5) is 0 Å². The molecule has 0 aliphatic carbocycles. The molecule has 1 fully saturated rings. The number of nitrogens with zero attached hydrogens (tertiary/aromatic N) is 1. The van der Waals surface area contributed by atoms with E-state index in [4.69, 9.17) is 5.73 Å². The number of nitrogens with one attached hydrogen (secondary N) is 1. The van der Waals surface area contributed by atoms with Crippen LogP contribution >= 0.6 is 12.4 Å². The Morgan fingerprint density at radius 2 is 2.20 bits per heavy atom. The van der Waals surface area contributed by atoms with E-state index in [9.17, 15) is 8.42 Å². The molecule has 1 saturated heterocycles. The molecular formula is C8H20ClN3O2S. The molecule has 15 heavy (non-hydrogen) atoms. The van der Waals surface area contributed by atoms with Gasteiger partial charge >= 0.3 is 0 Å². The fourth-order valence-corrected chi connectivity index (χ4v) is 3.02. The second-order valence-electron chi connectivity index (χ2n) is 3.79. The van der Waals surface area contributed by atoms with Crippen LogP contribution in [0.25, 0.3) is 0 Å². The summed E-state index contributed by atoms with van der Waals surface area (Å²) < 4.78 is 27.3. The zero-order chi connectivity index (χ0) is 10.6. The van der Waals surface area contributed by atoms with Crippen LogP contribution in [0.5, 0.6) is 0 Å². The van der Waals surface area contributed by atoms with Crippen molar-refractivity contribution in [3.05, 3.63) is 0 Å². The fraction of sp³-hybridized carbons (Fsp3) is 1.00. The predicted octanol–water partition coefficient (Wildman–Crippen LogP) is -0.0668. The number of piperidine rings is 1. The minimum absolute atomic E-state index is 0. The largest absolute Gasteiger partial charge is 0.329 e. The van der Waals surface area contributed by atoms with E-state index in [2.05, 4.69) is 11.6 Å². The molecule has 0 aromatic heterocycles. The van der Waals surface area contributed by atoms with Crippen molar-refractivity contribution in [2.45, 2.75) is 19.8 Å². The first-order valence-corrected chi connectivity index (χ1v) is 6.45. The second-order valence-corrected chi connectivity index (χ2v) is 5.55. The molecule has 0 aromatic carbocycles. The molecule has 1 atom stereocenters. The van der Waals surface area contributed by atoms with Gasteiger partial charge in [-0.1, -0.05) is 6.92 Å². The lowest BCUT2D eigenvalue weighted by Gasteiger charge is -2.29. The normalized spacial score (nSPS) is 23.5. The minimum atomic E-state index is -3.28. The first-order chi connectivity index (χ1) is 6.56. The van der Waals surface area contributed by atoms with Gasteiger partial charge in [-0.2, -0.15) is 12.7 Å². The van der Waals surface area contributed by atoms with Crippen molar-refractivity contribution in [2.24, 2.45) is 11.7 Å². The summed E-state index contributed by atoms with van der Waals surface area (Å²) in [6, 6.07) is 0. The van der Waals surface area contributed by atoms with Crippen LogP contribution in [0.1, 0.15) is 19.8 Å². The minimum Gasteiger partial charge on any atom is -0.329 e. The first kappa shape index (κ1) is 15.1. The molecular weight excluding hydrogens is 238 g/mol. The number of hydrogen-bond acceptors (Lipinski definition) is 3. The van der Waals surface area contributed by atoms with Gasteiger partial charge in [0.15, 0.2) is 0 Å². The van der Waals surface area contributed by atoms with E-state index in [0.717, 1.165) is 12.8 Å². The molecule has 0 aromatic rings. The Hall–Kier alpha value is 0.120. The van der Waals surface area contributed by atoms with Gasteiger partial charge in [-0.3, -0.25) is 0 Å². The van der Waals surface area contributed by atoms with E-state index in [-0.39, 0.29) is 12.4 Å². The fourth-order valence-electron chi connectivity index (χ4n) is 1.64. The highest BCUT2D eigenvalue weighted by atomic mass is 35.5. The second kappa shape index (κ2) is 6.65. The van der Waals surface area contributed by atoms with Crippen molar-refractivity contribution < 1.29 is 8.42 Å². The number of nitrogens with two attached hydrogens (primary N) is 1. The summed E-state index contributed by atoms with van der Waals surface area (Å²) in [6.07, 6.45) is 2.06. The van der Waals surface area contributed by atoms with E-state index in [1.807, 2.05) is 0 Å². The van der Waals surface area contributed by atoms with Gasteiger partial charge in [0.05, 0.1) is 0 Å². The molecule has 0 bridgehead atoms. The van der Waals surface area contributed by atoms with Gasteiger partial charge in [0.25, 0.3) is 10.2 Å². The highest BCUT2D eigenvalue weighted by Gasteiger charge is 2.26. The van der Waals surface area contributed by atoms with Crippen molar-refractivity contribution in [1.29, 1.82) is 0 Å². The zero-order valence-corrected chi connectivity index (χ0v) is 10.6. The van der Waals surface area contributed by atoms with Crippen LogP contribution in [0.15, 0.2) is 0 Å². The van der Waals surface area contributed by atoms with Crippen LogP contribution in [0, 0.1) is 5.92 Å². The van der Waals surface area contributed by atoms with E-state index in [1.54, 1.807) is 0 Å². The molecule has 1 unspecified atom stereocenters. The highest BCUT2D eigenvalue weighted by Crippen LogP contribution is 2.17. The number of rotatable bonds is 4. The summed E-state index contributed by atoms with van der Waals surface area (Å²) in [5.41, 5.74) is 5.25. The van der Waals surface area contributed by atoms with Crippen LogP contribution in [0.3, 0.4) is 0 Å². The third-order valence-corrected chi connectivity index (χ3v) is 3.97. The maximum absolute atomic E-state index is 11.6. The van der Waals surface area contributed by atoms with Gasteiger partial charge in [0.2, 0.25) is 0 Å². The summed E-state index contributed by atoms with van der Waals surface area (Å²) in [4.78, 5) is 0. The highest BCUT2D eigenvalue weighted by molar-refractivity contribution is 7.87. The molecule has 0 saturated carbocycles. The van der Waals surface area contributed by atoms with Crippen molar-refractivity contribution in [3.63, 3.8) is 0 Å². The van der Waals surface area contributed by atoms with Gasteiger partial charge in [0.1, 0.15) is 0 Å². The van der Waals surface area contributed by atoms with Crippen molar-refractivity contribution >= 4 is 22.6 Å².